The van der Waals surface area contributed by atoms with Gasteiger partial charge in [0.15, 0.2) is 0 Å². The second-order valence-electron chi connectivity index (χ2n) is 2.49. The molecule has 0 saturated carbocycles. The molecule has 3 nitrogen and oxygen atoms in total. The molecule has 69 valence electrons. The first-order chi connectivity index (χ1) is 5.57. The number of ether oxygens (including phenoxy) is 1. The van der Waals surface area contributed by atoms with Gasteiger partial charge in [-0.1, -0.05) is 6.58 Å². The van der Waals surface area contributed by atoms with Crippen LogP contribution in [0.1, 0.15) is 13.8 Å². The SMILES string of the molecule is C=C(C)C(=O)OC[Si](C)OCC. The third kappa shape index (κ3) is 5.09. The van der Waals surface area contributed by atoms with Gasteiger partial charge in [-0.25, -0.2) is 4.79 Å². The first-order valence-corrected chi connectivity index (χ1v) is 5.97. The Labute approximate surface area is 75.1 Å². The summed E-state index contributed by atoms with van der Waals surface area (Å²) in [7, 11) is -0.953. The van der Waals surface area contributed by atoms with Crippen LogP contribution in [0.4, 0.5) is 0 Å². The molecule has 0 atom stereocenters. The van der Waals surface area contributed by atoms with Gasteiger partial charge < -0.3 is 9.16 Å². The van der Waals surface area contributed by atoms with Gasteiger partial charge in [0.1, 0.15) is 6.23 Å². The van der Waals surface area contributed by atoms with Crippen LogP contribution in [0.15, 0.2) is 12.2 Å². The molecule has 0 unspecified atom stereocenters. The number of hydrogen-bond acceptors (Lipinski definition) is 3. The molecule has 4 heteroatoms. The van der Waals surface area contributed by atoms with E-state index in [4.69, 9.17) is 9.16 Å². The lowest BCUT2D eigenvalue weighted by atomic mass is 10.4. The number of carbonyl (C=O) groups is 1. The number of carbonyl (C=O) groups excluding carboxylic acids is 1. The van der Waals surface area contributed by atoms with E-state index >= 15 is 0 Å². The van der Waals surface area contributed by atoms with Crippen molar-refractivity contribution in [3.63, 3.8) is 0 Å². The summed E-state index contributed by atoms with van der Waals surface area (Å²) in [5.74, 6) is -0.334. The summed E-state index contributed by atoms with van der Waals surface area (Å²) < 4.78 is 10.2. The van der Waals surface area contributed by atoms with E-state index in [0.717, 1.165) is 0 Å². The van der Waals surface area contributed by atoms with Crippen LogP contribution in [0, 0.1) is 0 Å². The van der Waals surface area contributed by atoms with E-state index in [0.29, 0.717) is 18.4 Å². The molecule has 0 saturated heterocycles. The summed E-state index contributed by atoms with van der Waals surface area (Å²) in [5, 5.41) is 0. The van der Waals surface area contributed by atoms with E-state index in [9.17, 15) is 4.79 Å². The standard InChI is InChI=1S/C8H15O3Si/c1-5-11-12(4)6-10-8(9)7(2)3/h2,5-6H2,1,3-4H3. The highest BCUT2D eigenvalue weighted by Crippen LogP contribution is 1.94. The van der Waals surface area contributed by atoms with Crippen LogP contribution in [-0.4, -0.2) is 27.8 Å². The van der Waals surface area contributed by atoms with Gasteiger partial charge in [-0.3, -0.25) is 0 Å². The van der Waals surface area contributed by atoms with Crippen LogP contribution >= 0.6 is 0 Å². The number of rotatable bonds is 5. The van der Waals surface area contributed by atoms with Crippen molar-refractivity contribution in [2.45, 2.75) is 20.4 Å². The Morgan fingerprint density at radius 3 is 2.58 bits per heavy atom. The van der Waals surface area contributed by atoms with Gasteiger partial charge in [-0.05, 0) is 20.4 Å². The Bertz CT molecular complexity index is 168. The normalized spacial score (nSPS) is 10.0. The van der Waals surface area contributed by atoms with Gasteiger partial charge in [-0.15, -0.1) is 0 Å². The van der Waals surface area contributed by atoms with Crippen molar-refractivity contribution in [2.24, 2.45) is 0 Å². The summed E-state index contributed by atoms with van der Waals surface area (Å²) in [6.07, 6.45) is 0.393. The largest absolute Gasteiger partial charge is 0.463 e. The van der Waals surface area contributed by atoms with Crippen molar-refractivity contribution >= 4 is 15.0 Å². The molecule has 0 heterocycles. The monoisotopic (exact) mass is 187 g/mol. The second-order valence-corrected chi connectivity index (χ2v) is 4.47. The minimum Gasteiger partial charge on any atom is -0.463 e. The summed E-state index contributed by atoms with van der Waals surface area (Å²) >= 11 is 0. The highest BCUT2D eigenvalue weighted by Gasteiger charge is 2.09. The molecule has 0 aromatic rings. The molecule has 0 bridgehead atoms. The molecule has 0 aliphatic carbocycles. The minimum absolute atomic E-state index is 0.334. The van der Waals surface area contributed by atoms with E-state index in [2.05, 4.69) is 6.58 Å². The minimum atomic E-state index is -0.953. The van der Waals surface area contributed by atoms with Gasteiger partial charge in [0.05, 0.1) is 0 Å². The lowest BCUT2D eigenvalue weighted by Crippen LogP contribution is -2.23. The first-order valence-electron chi connectivity index (χ1n) is 3.85. The summed E-state index contributed by atoms with van der Waals surface area (Å²) in [5.41, 5.74) is 0.432. The third-order valence-corrected chi connectivity index (χ3v) is 2.48. The molecule has 0 fully saturated rings. The molecule has 1 radical (unpaired) electrons. The number of hydrogen-bond donors (Lipinski definition) is 0. The Balaban J connectivity index is 3.54. The predicted molar refractivity (Wildman–Crippen MR) is 49.0 cm³/mol. The summed E-state index contributed by atoms with van der Waals surface area (Å²) in [6, 6.07) is 0. The molecule has 0 aromatic carbocycles. The van der Waals surface area contributed by atoms with E-state index in [1.165, 1.54) is 0 Å². The van der Waals surface area contributed by atoms with Gasteiger partial charge >= 0.3 is 5.97 Å². The molecular weight excluding hydrogens is 172 g/mol. The topological polar surface area (TPSA) is 35.5 Å². The van der Waals surface area contributed by atoms with E-state index in [1.54, 1.807) is 6.92 Å². The molecule has 0 aromatic heterocycles. The molecular formula is C8H15O3Si. The summed E-state index contributed by atoms with van der Waals surface area (Å²) in [4.78, 5) is 10.9. The maximum atomic E-state index is 10.9. The zero-order valence-electron chi connectivity index (χ0n) is 7.85. The van der Waals surface area contributed by atoms with Crippen LogP contribution in [0.25, 0.3) is 0 Å². The zero-order chi connectivity index (χ0) is 9.56. The van der Waals surface area contributed by atoms with Crippen molar-refractivity contribution in [2.75, 3.05) is 12.8 Å². The third-order valence-electron chi connectivity index (χ3n) is 1.15. The smallest absolute Gasteiger partial charge is 0.332 e. The van der Waals surface area contributed by atoms with Crippen LogP contribution in [-0.2, 0) is 14.0 Å². The van der Waals surface area contributed by atoms with Gasteiger partial charge in [0.2, 0.25) is 9.04 Å². The maximum Gasteiger partial charge on any atom is 0.332 e. The fourth-order valence-electron chi connectivity index (χ4n) is 0.578. The fraction of sp³-hybridized carbons (Fsp3) is 0.625. The summed E-state index contributed by atoms with van der Waals surface area (Å²) in [6.45, 7) is 9.66. The van der Waals surface area contributed by atoms with E-state index in [-0.39, 0.29) is 5.97 Å². The second kappa shape index (κ2) is 5.96. The zero-order valence-corrected chi connectivity index (χ0v) is 8.85. The Kier molecular flexibility index (Phi) is 5.66. The van der Waals surface area contributed by atoms with Gasteiger partial charge in [-0.2, -0.15) is 0 Å². The highest BCUT2D eigenvalue weighted by atomic mass is 28.3. The van der Waals surface area contributed by atoms with Gasteiger partial charge in [0, 0.05) is 12.2 Å². The fourth-order valence-corrected chi connectivity index (χ4v) is 1.49. The first kappa shape index (κ1) is 11.4. The van der Waals surface area contributed by atoms with Crippen LogP contribution < -0.4 is 0 Å². The number of esters is 1. The van der Waals surface area contributed by atoms with Crippen molar-refractivity contribution in [3.8, 4) is 0 Å². The Morgan fingerprint density at radius 2 is 2.17 bits per heavy atom. The predicted octanol–water partition coefficient (Wildman–Crippen LogP) is 1.30. The van der Waals surface area contributed by atoms with E-state index in [1.807, 2.05) is 13.5 Å². The van der Waals surface area contributed by atoms with Crippen LogP contribution in [0.2, 0.25) is 6.55 Å². The lowest BCUT2D eigenvalue weighted by molar-refractivity contribution is -0.137. The molecule has 0 aliphatic heterocycles. The maximum absolute atomic E-state index is 10.9. The molecule has 0 rings (SSSR count). The highest BCUT2D eigenvalue weighted by molar-refractivity contribution is 6.50. The van der Waals surface area contributed by atoms with Gasteiger partial charge in [0.25, 0.3) is 0 Å². The molecule has 0 amide bonds. The van der Waals surface area contributed by atoms with E-state index < -0.39 is 9.04 Å². The Morgan fingerprint density at radius 1 is 1.58 bits per heavy atom. The lowest BCUT2D eigenvalue weighted by Gasteiger charge is -2.09. The molecule has 0 N–H and O–H groups in total. The van der Waals surface area contributed by atoms with Crippen molar-refractivity contribution in [3.05, 3.63) is 12.2 Å². The van der Waals surface area contributed by atoms with Crippen LogP contribution in [0.5, 0.6) is 0 Å². The molecule has 0 aliphatic rings. The quantitative estimate of drug-likeness (QED) is 0.370. The van der Waals surface area contributed by atoms with Crippen molar-refractivity contribution in [1.29, 1.82) is 0 Å². The molecule has 12 heavy (non-hydrogen) atoms. The average Bonchev–Trinajstić information content (AvgIpc) is 2.00. The Hall–Kier alpha value is -0.613. The van der Waals surface area contributed by atoms with Crippen LogP contribution in [0.3, 0.4) is 0 Å². The average molecular weight is 187 g/mol. The van der Waals surface area contributed by atoms with Crippen molar-refractivity contribution < 1.29 is 14.0 Å². The van der Waals surface area contributed by atoms with Crippen molar-refractivity contribution in [1.82, 2.24) is 0 Å². The molecule has 0 spiro atoms.